The minimum atomic E-state index is -0.669. The van der Waals surface area contributed by atoms with E-state index < -0.39 is 12.6 Å². The molecule has 3 aromatic carbocycles. The summed E-state index contributed by atoms with van der Waals surface area (Å²) in [6.45, 7) is 1.40. The number of ether oxygens (including phenoxy) is 1. The number of pyridine rings is 1. The number of aromatic nitrogens is 1. The van der Waals surface area contributed by atoms with E-state index in [1.54, 1.807) is 66.7 Å². The maximum absolute atomic E-state index is 13.5. The van der Waals surface area contributed by atoms with Crippen molar-refractivity contribution in [2.45, 2.75) is 23.0 Å². The number of anilines is 1. The molecule has 3 aliphatic rings. The summed E-state index contributed by atoms with van der Waals surface area (Å²) in [5.41, 5.74) is 3.54. The number of ketones is 1. The first-order chi connectivity index (χ1) is 21.5. The molecule has 0 spiro atoms. The number of Topliss-reactive ketones (excluding diaryl/α,β-unsaturated/α-hetero) is 1. The van der Waals surface area contributed by atoms with Crippen LogP contribution in [0.5, 0.6) is 0 Å². The number of carbonyl (C=O) groups is 4. The van der Waals surface area contributed by atoms with Gasteiger partial charge in [0.05, 0.1) is 34.3 Å². The number of carbonyl (C=O) groups excluding carboxylic acids is 4. The Balaban J connectivity index is 1.18. The van der Waals surface area contributed by atoms with Gasteiger partial charge in [-0.25, -0.2) is 9.78 Å². The highest BCUT2D eigenvalue weighted by molar-refractivity contribution is 9.12. The molecule has 228 valence electrons. The second kappa shape index (κ2) is 11.7. The summed E-state index contributed by atoms with van der Waals surface area (Å²) < 4.78 is 6.31. The van der Waals surface area contributed by atoms with Crippen LogP contribution in [0.3, 0.4) is 0 Å². The number of rotatable bonds is 6. The molecule has 45 heavy (non-hydrogen) atoms. The molecule has 0 N–H and O–H groups in total. The zero-order valence-corrected chi connectivity index (χ0v) is 29.2. The molecule has 4 aromatic rings. The zero-order valence-electron chi connectivity index (χ0n) is 23.7. The molecule has 1 saturated heterocycles. The van der Waals surface area contributed by atoms with Gasteiger partial charge >= 0.3 is 5.97 Å². The highest BCUT2D eigenvalue weighted by Crippen LogP contribution is 2.60. The number of esters is 1. The van der Waals surface area contributed by atoms with Gasteiger partial charge in [0, 0.05) is 35.7 Å². The minimum Gasteiger partial charge on any atom is -0.454 e. The lowest BCUT2D eigenvalue weighted by molar-refractivity contribution is -0.123. The van der Waals surface area contributed by atoms with Crippen molar-refractivity contribution in [3.63, 3.8) is 0 Å². The lowest BCUT2D eigenvalue weighted by Crippen LogP contribution is -2.37. The van der Waals surface area contributed by atoms with Crippen molar-refractivity contribution in [1.29, 1.82) is 0 Å². The second-order valence-electron chi connectivity index (χ2n) is 11.7. The predicted molar refractivity (Wildman–Crippen MR) is 182 cm³/mol. The Kier molecular flexibility index (Phi) is 7.99. The molecule has 2 amide bonds. The van der Waals surface area contributed by atoms with Crippen molar-refractivity contribution in [1.82, 2.24) is 4.98 Å². The molecule has 7 rings (SSSR count). The third kappa shape index (κ3) is 5.08. The van der Waals surface area contributed by atoms with Crippen LogP contribution >= 0.6 is 59.4 Å². The molecule has 7 nitrogen and oxygen atoms in total. The summed E-state index contributed by atoms with van der Waals surface area (Å²) in [5.74, 6) is -1.64. The Morgan fingerprint density at radius 2 is 1.56 bits per heavy atom. The molecule has 2 aliphatic carbocycles. The molecule has 6 atom stereocenters. The van der Waals surface area contributed by atoms with E-state index in [1.165, 1.54) is 4.90 Å². The van der Waals surface area contributed by atoms with Crippen molar-refractivity contribution in [2.24, 2.45) is 23.7 Å². The Bertz CT molecular complexity index is 1880. The van der Waals surface area contributed by atoms with E-state index in [0.717, 1.165) is 10.9 Å². The van der Waals surface area contributed by atoms with Crippen LogP contribution in [0, 0.1) is 30.6 Å². The molecule has 2 bridgehead atoms. The SMILES string of the molecule is Cc1c(Cl)ccc2c(C(=O)OCC(=O)c3ccc(Br)cc3)cc(-c3ccc(N4C(=O)C5C6CC(C(Br)C6Br)C5C4=O)cc3)nc12. The van der Waals surface area contributed by atoms with Gasteiger partial charge in [-0.05, 0) is 67.1 Å². The number of alkyl halides is 2. The lowest BCUT2D eigenvalue weighted by atomic mass is 9.81. The fourth-order valence-electron chi connectivity index (χ4n) is 7.03. The van der Waals surface area contributed by atoms with Crippen molar-refractivity contribution >= 4 is 99.5 Å². The van der Waals surface area contributed by atoms with Gasteiger partial charge in [-0.2, -0.15) is 0 Å². The van der Waals surface area contributed by atoms with E-state index in [-0.39, 0.29) is 56.5 Å². The molecular formula is C34H24Br3ClN2O5. The van der Waals surface area contributed by atoms with Crippen molar-refractivity contribution < 1.29 is 23.9 Å². The summed E-state index contributed by atoms with van der Waals surface area (Å²) in [5, 5.41) is 1.04. The zero-order chi connectivity index (χ0) is 31.7. The Hall–Kier alpha value is -2.92. The standard InChI is InChI=1S/C34H24Br3ClN2O5/c1-15-24(38)11-10-20-21(34(44)45-14-26(41)17-2-6-18(35)7-3-17)13-25(39-31(15)20)16-4-8-19(9-5-16)40-32(42)27-22-12-23(28(27)33(40)43)30(37)29(22)36/h2-11,13,22-23,27-30H,12,14H2,1H3. The fourth-order valence-corrected chi connectivity index (χ4v) is 9.32. The topological polar surface area (TPSA) is 93.6 Å². The van der Waals surface area contributed by atoms with Crippen LogP contribution < -0.4 is 4.90 Å². The third-order valence-electron chi connectivity index (χ3n) is 9.30. The Morgan fingerprint density at radius 3 is 2.18 bits per heavy atom. The molecule has 3 fully saturated rings. The van der Waals surface area contributed by atoms with Gasteiger partial charge in [-0.1, -0.05) is 89.7 Å². The number of aryl methyl sites for hydroxylation is 1. The third-order valence-corrected chi connectivity index (χ3v) is 13.4. The van der Waals surface area contributed by atoms with E-state index in [0.29, 0.717) is 44.0 Å². The molecule has 1 aromatic heterocycles. The minimum absolute atomic E-state index is 0.130. The summed E-state index contributed by atoms with van der Waals surface area (Å²) in [4.78, 5) is 59.6. The second-order valence-corrected chi connectivity index (χ2v) is 15.1. The van der Waals surface area contributed by atoms with E-state index >= 15 is 0 Å². The average molecular weight is 816 g/mol. The Morgan fingerprint density at radius 1 is 0.933 bits per heavy atom. The molecule has 0 radical (unpaired) electrons. The first kappa shape index (κ1) is 30.7. The van der Waals surface area contributed by atoms with E-state index in [9.17, 15) is 19.2 Å². The average Bonchev–Trinajstić information content (AvgIpc) is 3.66. The molecule has 11 heteroatoms. The molecule has 6 unspecified atom stereocenters. The number of fused-ring (bicyclic) bond motifs is 6. The van der Waals surface area contributed by atoms with Crippen molar-refractivity contribution in [3.05, 3.63) is 92.9 Å². The number of nitrogens with zero attached hydrogens (tertiary/aromatic N) is 2. The van der Waals surface area contributed by atoms with Crippen LogP contribution in [0.15, 0.2) is 71.2 Å². The van der Waals surface area contributed by atoms with Crippen molar-refractivity contribution in [2.75, 3.05) is 11.5 Å². The maximum Gasteiger partial charge on any atom is 0.339 e. The van der Waals surface area contributed by atoms with E-state index in [4.69, 9.17) is 21.3 Å². The van der Waals surface area contributed by atoms with Gasteiger partial charge in [0.1, 0.15) is 0 Å². The van der Waals surface area contributed by atoms with E-state index in [2.05, 4.69) is 47.8 Å². The lowest BCUT2D eigenvalue weighted by Gasteiger charge is -2.28. The van der Waals surface area contributed by atoms with E-state index in [1.807, 2.05) is 6.92 Å². The van der Waals surface area contributed by atoms with Gasteiger partial charge in [-0.3, -0.25) is 19.3 Å². The van der Waals surface area contributed by atoms with Gasteiger partial charge < -0.3 is 4.74 Å². The first-order valence-corrected chi connectivity index (χ1v) is 17.4. The highest BCUT2D eigenvalue weighted by atomic mass is 79.9. The van der Waals surface area contributed by atoms with Crippen LogP contribution in [0.1, 0.15) is 32.7 Å². The summed E-state index contributed by atoms with van der Waals surface area (Å²) in [6.07, 6.45) is 0.867. The monoisotopic (exact) mass is 812 g/mol. The normalized spacial score (nSPS) is 25.2. The number of halogens is 4. The predicted octanol–water partition coefficient (Wildman–Crippen LogP) is 7.95. The Labute approximate surface area is 289 Å². The number of hydrogen-bond donors (Lipinski definition) is 0. The van der Waals surface area contributed by atoms with Gasteiger partial charge in [-0.15, -0.1) is 0 Å². The number of amides is 2. The fraction of sp³-hybridized carbons (Fsp3) is 0.265. The highest BCUT2D eigenvalue weighted by Gasteiger charge is 2.66. The molecule has 2 saturated carbocycles. The summed E-state index contributed by atoms with van der Waals surface area (Å²) in [7, 11) is 0. The van der Waals surface area contributed by atoms with Crippen LogP contribution in [0.4, 0.5) is 5.69 Å². The molecular weight excluding hydrogens is 792 g/mol. The summed E-state index contributed by atoms with van der Waals surface area (Å²) >= 11 is 17.2. The van der Waals surface area contributed by atoms with Crippen molar-refractivity contribution in [3.8, 4) is 11.3 Å². The quantitative estimate of drug-likeness (QED) is 0.0850. The number of hydrogen-bond acceptors (Lipinski definition) is 6. The molecule has 2 heterocycles. The van der Waals surface area contributed by atoms with Gasteiger partial charge in [0.2, 0.25) is 11.8 Å². The smallest absolute Gasteiger partial charge is 0.339 e. The summed E-state index contributed by atoms with van der Waals surface area (Å²) in [6, 6.07) is 18.9. The van der Waals surface area contributed by atoms with Gasteiger partial charge in [0.25, 0.3) is 0 Å². The van der Waals surface area contributed by atoms with Crippen LogP contribution in [0.25, 0.3) is 22.2 Å². The van der Waals surface area contributed by atoms with Crippen LogP contribution in [-0.2, 0) is 14.3 Å². The number of benzene rings is 3. The van der Waals surface area contributed by atoms with Crippen LogP contribution in [0.2, 0.25) is 5.02 Å². The largest absolute Gasteiger partial charge is 0.454 e. The first-order valence-electron chi connectivity index (χ1n) is 14.4. The maximum atomic E-state index is 13.5. The van der Waals surface area contributed by atoms with Gasteiger partial charge in [0.15, 0.2) is 12.4 Å². The van der Waals surface area contributed by atoms with Crippen LogP contribution in [-0.4, -0.2) is 44.8 Å². The number of imide groups is 1. The molecule has 1 aliphatic heterocycles.